The first-order chi connectivity index (χ1) is 23.6. The predicted octanol–water partition coefficient (Wildman–Crippen LogP) is 11.8. The van der Waals surface area contributed by atoms with Crippen molar-refractivity contribution < 1.29 is 30.0 Å². The van der Waals surface area contributed by atoms with Crippen LogP contribution in [0.2, 0.25) is 0 Å². The summed E-state index contributed by atoms with van der Waals surface area (Å²) in [5.74, 6) is -0.185. The van der Waals surface area contributed by atoms with Crippen LogP contribution in [0.5, 0.6) is 0 Å². The van der Waals surface area contributed by atoms with Crippen LogP contribution in [0.15, 0.2) is 108 Å². The molecular weight excluding hydrogens is 753 g/mol. The van der Waals surface area contributed by atoms with E-state index in [1.807, 2.05) is 79.0 Å². The Morgan fingerprint density at radius 3 is 2.26 bits per heavy atom. The third-order valence-corrected chi connectivity index (χ3v) is 8.89. The van der Waals surface area contributed by atoms with Gasteiger partial charge in [0.1, 0.15) is 11.3 Å². The average Bonchev–Trinajstić information content (AvgIpc) is 3.54. The minimum Gasteiger partial charge on any atom is -0.458 e. The van der Waals surface area contributed by atoms with Gasteiger partial charge in [0, 0.05) is 43.4 Å². The number of fused-ring (bicyclic) bond motifs is 1. The molecule has 0 aliphatic heterocycles. The van der Waals surface area contributed by atoms with Crippen LogP contribution in [0.1, 0.15) is 88.4 Å². The maximum absolute atomic E-state index is 9.25. The van der Waals surface area contributed by atoms with E-state index in [9.17, 15) is 1.37 Å². The van der Waals surface area contributed by atoms with Gasteiger partial charge in [-0.3, -0.25) is 0 Å². The number of nitrogens with zero attached hydrogens (tertiary/aromatic N) is 2. The Labute approximate surface area is 299 Å². The van der Waals surface area contributed by atoms with E-state index < -0.39 is 12.7 Å². The summed E-state index contributed by atoms with van der Waals surface area (Å²) in [5.41, 5.74) is 7.45. The van der Waals surface area contributed by atoms with E-state index in [0.29, 0.717) is 24.1 Å². The van der Waals surface area contributed by atoms with Crippen LogP contribution in [-0.2, 0) is 25.5 Å². The number of aromatic nitrogens is 2. The molecule has 6 aromatic rings. The topological polar surface area (TPSA) is 38.9 Å². The largest absolute Gasteiger partial charge is 0.458 e. The Hall–Kier alpha value is -3.85. The molecule has 3 aromatic carbocycles. The van der Waals surface area contributed by atoms with Crippen LogP contribution < -0.4 is 0 Å². The van der Waals surface area contributed by atoms with Crippen molar-refractivity contribution in [3.63, 3.8) is 0 Å². The molecule has 1 aliphatic carbocycles. The van der Waals surface area contributed by atoms with E-state index >= 15 is 0 Å². The Balaban J connectivity index is 0.000000249. The summed E-state index contributed by atoms with van der Waals surface area (Å²) in [6.45, 7) is 8.69. The van der Waals surface area contributed by atoms with Crippen molar-refractivity contribution in [2.75, 3.05) is 0 Å². The zero-order chi connectivity index (χ0) is 35.7. The maximum atomic E-state index is 9.25. The molecule has 0 N–H and O–H groups in total. The number of para-hydroxylation sites is 1. The summed E-state index contributed by atoms with van der Waals surface area (Å²) in [4.78, 5) is 8.99. The summed E-state index contributed by atoms with van der Waals surface area (Å²) in [6.07, 6.45) is 6.45. The first kappa shape index (κ1) is 29.3. The summed E-state index contributed by atoms with van der Waals surface area (Å²) < 4.78 is 39.5. The smallest absolute Gasteiger partial charge is 0.134 e. The normalized spacial score (nSPS) is 16.8. The Morgan fingerprint density at radius 1 is 0.830 bits per heavy atom. The molecule has 7 rings (SSSR count). The number of benzene rings is 3. The van der Waals surface area contributed by atoms with Gasteiger partial charge in [0.25, 0.3) is 0 Å². The number of hydrogen-bond donors (Lipinski definition) is 0. The van der Waals surface area contributed by atoms with Crippen LogP contribution in [0.3, 0.4) is 0 Å². The van der Waals surface area contributed by atoms with Crippen molar-refractivity contribution in [2.45, 2.75) is 78.5 Å². The molecule has 0 unspecified atom stereocenters. The van der Waals surface area contributed by atoms with Crippen LogP contribution in [0, 0.1) is 24.4 Å². The van der Waals surface area contributed by atoms with Gasteiger partial charge in [0.05, 0.1) is 0 Å². The number of pyridine rings is 2. The number of rotatable bonds is 4. The van der Waals surface area contributed by atoms with Crippen LogP contribution >= 0.6 is 0 Å². The Morgan fingerprint density at radius 2 is 1.57 bits per heavy atom. The second kappa shape index (κ2) is 14.5. The molecule has 0 atom stereocenters. The molecule has 3 nitrogen and oxygen atoms in total. The fraction of sp³-hybridized carbons (Fsp3) is 0.302. The molecule has 1 radical (unpaired) electrons. The minimum absolute atomic E-state index is 0. The summed E-state index contributed by atoms with van der Waals surface area (Å²) in [6, 6.07) is 35.9. The molecule has 0 saturated heterocycles. The Bertz CT molecular complexity index is 2040. The third kappa shape index (κ3) is 8.36. The number of hydrogen-bond acceptors (Lipinski definition) is 3. The molecule has 3 heterocycles. The van der Waals surface area contributed by atoms with E-state index in [1.54, 1.807) is 6.07 Å². The van der Waals surface area contributed by atoms with E-state index in [-0.39, 0.29) is 36.5 Å². The molecular formula is C43H44IrN2O-2. The first-order valence-electron chi connectivity index (χ1n) is 18.1. The summed E-state index contributed by atoms with van der Waals surface area (Å²) >= 11 is 0. The van der Waals surface area contributed by atoms with Gasteiger partial charge in [-0.15, -0.1) is 65.7 Å². The summed E-state index contributed by atoms with van der Waals surface area (Å²) in [5, 5.41) is 1.03. The van der Waals surface area contributed by atoms with Gasteiger partial charge >= 0.3 is 0 Å². The predicted molar refractivity (Wildman–Crippen MR) is 191 cm³/mol. The van der Waals surface area contributed by atoms with Gasteiger partial charge in [0.15, 0.2) is 0 Å². The zero-order valence-electron chi connectivity index (χ0n) is 31.8. The molecule has 47 heavy (non-hydrogen) atoms. The molecule has 0 amide bonds. The SMILES string of the molecule is CC(C)(C)c1ccc(-c2[c-]cccc2)nc1.[2H]C([2H])([2H])c1cnc(-c2[c-]ccc(-c3cc4ccccc4o3)c2)cc1C1([2H])CCC(C)(C)CC1.[Ir]. The van der Waals surface area contributed by atoms with E-state index in [0.717, 1.165) is 52.0 Å². The van der Waals surface area contributed by atoms with Crippen molar-refractivity contribution >= 4 is 11.0 Å². The Kier molecular flexibility index (Phi) is 9.04. The van der Waals surface area contributed by atoms with Crippen molar-refractivity contribution in [3.05, 3.63) is 132 Å². The van der Waals surface area contributed by atoms with Gasteiger partial charge < -0.3 is 14.4 Å². The summed E-state index contributed by atoms with van der Waals surface area (Å²) in [7, 11) is 0. The fourth-order valence-electron chi connectivity index (χ4n) is 5.83. The van der Waals surface area contributed by atoms with Gasteiger partial charge in [-0.2, -0.15) is 0 Å². The number of furan rings is 1. The second-order valence-corrected chi connectivity index (χ2v) is 14.0. The fourth-order valence-corrected chi connectivity index (χ4v) is 5.83. The molecule has 4 heteroatoms. The van der Waals surface area contributed by atoms with Crippen molar-refractivity contribution in [3.8, 4) is 33.8 Å². The van der Waals surface area contributed by atoms with Crippen molar-refractivity contribution in [1.82, 2.24) is 9.97 Å². The van der Waals surface area contributed by atoms with Crippen LogP contribution in [-0.4, -0.2) is 9.97 Å². The van der Waals surface area contributed by atoms with E-state index in [4.69, 9.17) is 8.53 Å². The minimum atomic E-state index is -2.32. The zero-order valence-corrected chi connectivity index (χ0v) is 30.2. The molecule has 3 aromatic heterocycles. The monoisotopic (exact) mass is 801 g/mol. The first-order valence-corrected chi connectivity index (χ1v) is 16.1. The van der Waals surface area contributed by atoms with Crippen molar-refractivity contribution in [2.24, 2.45) is 5.41 Å². The molecule has 1 saturated carbocycles. The second-order valence-electron chi connectivity index (χ2n) is 14.0. The molecule has 0 bridgehead atoms. The van der Waals surface area contributed by atoms with Gasteiger partial charge in [0.2, 0.25) is 0 Å². The molecule has 243 valence electrons. The van der Waals surface area contributed by atoms with Gasteiger partial charge in [-0.25, -0.2) is 0 Å². The van der Waals surface area contributed by atoms with Crippen molar-refractivity contribution in [1.29, 1.82) is 0 Å². The standard InChI is InChI=1S/C28H28NO.C15H16N.Ir/c1-19-18-29-25(17-24(19)20-11-13-28(2,3)14-12-20)21-8-6-9-22(15-21)27-16-23-7-4-5-10-26(23)30-27;1-15(2,3)13-9-10-14(16-11-13)12-7-5-4-6-8-12;/h4-7,9-10,15-18,20H,11-14H2,1-3H3;4-7,9-11H,1-3H3;/q2*-1;/i1D3,20D;;. The van der Waals surface area contributed by atoms with Crippen LogP contribution in [0.4, 0.5) is 0 Å². The van der Waals surface area contributed by atoms with Gasteiger partial charge in [-0.1, -0.05) is 76.6 Å². The molecule has 0 spiro atoms. The molecule has 1 fully saturated rings. The third-order valence-electron chi connectivity index (χ3n) is 8.89. The quantitative estimate of drug-likeness (QED) is 0.167. The average molecular weight is 801 g/mol. The molecule has 1 aliphatic rings. The van der Waals surface area contributed by atoms with E-state index in [2.05, 4.69) is 68.9 Å². The van der Waals surface area contributed by atoms with E-state index in [1.165, 1.54) is 11.8 Å². The maximum Gasteiger partial charge on any atom is 0.134 e. The number of aryl methyl sites for hydroxylation is 1. The van der Waals surface area contributed by atoms with Gasteiger partial charge in [-0.05, 0) is 89.5 Å². The van der Waals surface area contributed by atoms with Crippen LogP contribution in [0.25, 0.3) is 44.8 Å².